The molecule has 0 unspecified atom stereocenters. The molecule has 0 radical (unpaired) electrons. The zero-order valence-electron chi connectivity index (χ0n) is 8.98. The van der Waals surface area contributed by atoms with Crippen LogP contribution in [0.5, 0.6) is 0 Å². The van der Waals surface area contributed by atoms with Crippen molar-refractivity contribution in [3.8, 4) is 0 Å². The van der Waals surface area contributed by atoms with E-state index < -0.39 is 0 Å². The second-order valence-corrected chi connectivity index (χ2v) is 4.39. The quantitative estimate of drug-likeness (QED) is 0.775. The van der Waals surface area contributed by atoms with Crippen LogP contribution in [0.4, 0.5) is 0 Å². The smallest absolute Gasteiger partial charge is 0.254 e. The van der Waals surface area contributed by atoms with Crippen molar-refractivity contribution in [3.63, 3.8) is 0 Å². The summed E-state index contributed by atoms with van der Waals surface area (Å²) in [7, 11) is 0. The van der Waals surface area contributed by atoms with Gasteiger partial charge in [-0.15, -0.1) is 0 Å². The molecule has 0 saturated heterocycles. The van der Waals surface area contributed by atoms with E-state index in [0.717, 1.165) is 36.3 Å². The van der Waals surface area contributed by atoms with Crippen molar-refractivity contribution >= 4 is 0 Å². The Morgan fingerprint density at radius 3 is 2.57 bits per heavy atom. The predicted octanol–water partition coefficient (Wildman–Crippen LogP) is 1.69. The highest BCUT2D eigenvalue weighted by atomic mass is 16.1. The largest absolute Gasteiger partial charge is 0.310 e. The van der Waals surface area contributed by atoms with Crippen molar-refractivity contribution in [1.29, 1.82) is 0 Å². The number of aromatic amines is 1. The molecule has 1 N–H and O–H groups in total. The predicted molar refractivity (Wildman–Crippen MR) is 55.6 cm³/mol. The van der Waals surface area contributed by atoms with Crippen molar-refractivity contribution in [2.45, 2.75) is 45.4 Å². The molecular formula is C11H16N2O. The number of H-pyrrole nitrogens is 1. The number of hydrogen-bond donors (Lipinski definition) is 1. The number of nitrogens with one attached hydrogen (secondary N) is 1. The Labute approximate surface area is 83.6 Å². The molecule has 0 bridgehead atoms. The molecular weight excluding hydrogens is 176 g/mol. The van der Waals surface area contributed by atoms with Crippen molar-refractivity contribution < 1.29 is 0 Å². The molecule has 1 heterocycles. The van der Waals surface area contributed by atoms with E-state index in [-0.39, 0.29) is 11.0 Å². The zero-order chi connectivity index (χ0) is 10.3. The molecule has 0 aromatic carbocycles. The fourth-order valence-corrected chi connectivity index (χ4v) is 1.74. The molecule has 0 spiro atoms. The number of aryl methyl sites for hydroxylation is 1. The minimum absolute atomic E-state index is 0.0446. The standard InChI is InChI=1S/C11H16N2O/c1-4-8-7(2)12-10(13-9(8)14)11(3)5-6-11/h4-6H2,1-3H3,(H,12,13,14). The van der Waals surface area contributed by atoms with Crippen molar-refractivity contribution in [2.24, 2.45) is 0 Å². The second kappa shape index (κ2) is 2.94. The van der Waals surface area contributed by atoms with E-state index in [1.807, 2.05) is 13.8 Å². The minimum atomic E-state index is 0.0446. The van der Waals surface area contributed by atoms with Gasteiger partial charge in [0, 0.05) is 16.7 Å². The molecule has 1 aromatic heterocycles. The van der Waals surface area contributed by atoms with Crippen LogP contribution in [-0.4, -0.2) is 9.97 Å². The molecule has 76 valence electrons. The van der Waals surface area contributed by atoms with Crippen molar-refractivity contribution in [3.05, 3.63) is 27.4 Å². The van der Waals surface area contributed by atoms with E-state index >= 15 is 0 Å². The third-order valence-electron chi connectivity index (χ3n) is 3.15. The zero-order valence-corrected chi connectivity index (χ0v) is 8.98. The fraction of sp³-hybridized carbons (Fsp3) is 0.636. The summed E-state index contributed by atoms with van der Waals surface area (Å²) in [5.41, 5.74) is 1.90. The summed E-state index contributed by atoms with van der Waals surface area (Å²) in [5.74, 6) is 0.872. The van der Waals surface area contributed by atoms with Crippen LogP contribution in [0.1, 0.15) is 43.8 Å². The Hall–Kier alpha value is -1.12. The summed E-state index contributed by atoms with van der Waals surface area (Å²) in [5, 5.41) is 0. The van der Waals surface area contributed by atoms with Crippen molar-refractivity contribution in [2.75, 3.05) is 0 Å². The van der Waals surface area contributed by atoms with Gasteiger partial charge in [0.15, 0.2) is 0 Å². The lowest BCUT2D eigenvalue weighted by molar-refractivity contribution is 0.690. The van der Waals surface area contributed by atoms with Gasteiger partial charge in [-0.1, -0.05) is 13.8 Å². The maximum absolute atomic E-state index is 11.7. The van der Waals surface area contributed by atoms with Gasteiger partial charge in [0.25, 0.3) is 5.56 Å². The van der Waals surface area contributed by atoms with Gasteiger partial charge in [0.1, 0.15) is 5.82 Å². The van der Waals surface area contributed by atoms with Crippen LogP contribution in [0.25, 0.3) is 0 Å². The SMILES string of the molecule is CCc1c(C)nc(C2(C)CC2)[nH]c1=O. The second-order valence-electron chi connectivity index (χ2n) is 4.39. The molecule has 3 nitrogen and oxygen atoms in total. The van der Waals surface area contributed by atoms with Gasteiger partial charge in [0.05, 0.1) is 0 Å². The minimum Gasteiger partial charge on any atom is -0.310 e. The first-order valence-electron chi connectivity index (χ1n) is 5.17. The Morgan fingerprint density at radius 2 is 2.14 bits per heavy atom. The molecule has 2 rings (SSSR count). The normalized spacial score (nSPS) is 18.2. The molecule has 1 aromatic rings. The van der Waals surface area contributed by atoms with E-state index in [1.54, 1.807) is 0 Å². The number of nitrogens with zero attached hydrogens (tertiary/aromatic N) is 1. The first-order valence-corrected chi connectivity index (χ1v) is 5.17. The molecule has 0 atom stereocenters. The fourth-order valence-electron chi connectivity index (χ4n) is 1.74. The van der Waals surface area contributed by atoms with Crippen molar-refractivity contribution in [1.82, 2.24) is 9.97 Å². The van der Waals surface area contributed by atoms with Gasteiger partial charge < -0.3 is 4.98 Å². The van der Waals surface area contributed by atoms with Crippen LogP contribution in [0.15, 0.2) is 4.79 Å². The molecule has 1 aliphatic rings. The van der Waals surface area contributed by atoms with Gasteiger partial charge in [-0.2, -0.15) is 0 Å². The summed E-state index contributed by atoms with van der Waals surface area (Å²) in [6, 6.07) is 0. The molecule has 1 fully saturated rings. The summed E-state index contributed by atoms with van der Waals surface area (Å²) >= 11 is 0. The van der Waals surface area contributed by atoms with E-state index in [4.69, 9.17) is 0 Å². The topological polar surface area (TPSA) is 45.8 Å². The highest BCUT2D eigenvalue weighted by Gasteiger charge is 2.41. The maximum atomic E-state index is 11.7. The molecule has 0 aliphatic heterocycles. The number of aromatic nitrogens is 2. The van der Waals surface area contributed by atoms with Crippen LogP contribution in [0.3, 0.4) is 0 Å². The molecule has 14 heavy (non-hydrogen) atoms. The van der Waals surface area contributed by atoms with Crippen LogP contribution < -0.4 is 5.56 Å². The first kappa shape index (κ1) is 9.44. The van der Waals surface area contributed by atoms with Crippen LogP contribution in [0.2, 0.25) is 0 Å². The third kappa shape index (κ3) is 1.37. The van der Waals surface area contributed by atoms with Crippen LogP contribution >= 0.6 is 0 Å². The van der Waals surface area contributed by atoms with Crippen LogP contribution in [0, 0.1) is 6.92 Å². The molecule has 1 saturated carbocycles. The monoisotopic (exact) mass is 192 g/mol. The Morgan fingerprint density at radius 1 is 1.50 bits per heavy atom. The van der Waals surface area contributed by atoms with E-state index in [9.17, 15) is 4.79 Å². The van der Waals surface area contributed by atoms with E-state index in [1.165, 1.54) is 0 Å². The van der Waals surface area contributed by atoms with Gasteiger partial charge in [-0.25, -0.2) is 4.98 Å². The van der Waals surface area contributed by atoms with E-state index in [0.29, 0.717) is 0 Å². The average molecular weight is 192 g/mol. The maximum Gasteiger partial charge on any atom is 0.254 e. The average Bonchev–Trinajstić information content (AvgIpc) is 2.84. The number of rotatable bonds is 2. The molecule has 0 amide bonds. The Bertz CT molecular complexity index is 416. The Balaban J connectivity index is 2.52. The highest BCUT2D eigenvalue weighted by molar-refractivity contribution is 5.22. The number of hydrogen-bond acceptors (Lipinski definition) is 2. The summed E-state index contributed by atoms with van der Waals surface area (Å²) < 4.78 is 0. The van der Waals surface area contributed by atoms with Gasteiger partial charge >= 0.3 is 0 Å². The summed E-state index contributed by atoms with van der Waals surface area (Å²) in [6.45, 7) is 6.05. The third-order valence-corrected chi connectivity index (χ3v) is 3.15. The lowest BCUT2D eigenvalue weighted by atomic mass is 10.1. The summed E-state index contributed by atoms with van der Waals surface area (Å²) in [6.07, 6.45) is 3.03. The van der Waals surface area contributed by atoms with Gasteiger partial charge in [0.2, 0.25) is 0 Å². The van der Waals surface area contributed by atoms with Gasteiger partial charge in [-0.05, 0) is 26.2 Å². The highest BCUT2D eigenvalue weighted by Crippen LogP contribution is 2.45. The first-order chi connectivity index (χ1) is 6.57. The molecule has 3 heteroatoms. The summed E-state index contributed by atoms with van der Waals surface area (Å²) in [4.78, 5) is 19.1. The Kier molecular flexibility index (Phi) is 1.98. The molecule has 1 aliphatic carbocycles. The van der Waals surface area contributed by atoms with Gasteiger partial charge in [-0.3, -0.25) is 4.79 Å². The van der Waals surface area contributed by atoms with E-state index in [2.05, 4.69) is 16.9 Å². The lowest BCUT2D eigenvalue weighted by Gasteiger charge is -2.09. The lowest BCUT2D eigenvalue weighted by Crippen LogP contribution is -2.21. The van der Waals surface area contributed by atoms with Crippen LogP contribution in [-0.2, 0) is 11.8 Å².